The zero-order chi connectivity index (χ0) is 25.6. The Morgan fingerprint density at radius 1 is 1.03 bits per heavy atom. The highest BCUT2D eigenvalue weighted by atomic mass is 32.2. The van der Waals surface area contributed by atoms with Crippen LogP contribution in [0.1, 0.15) is 74.1 Å². The third-order valence-electron chi connectivity index (χ3n) is 6.58. The van der Waals surface area contributed by atoms with Crippen LogP contribution >= 0.6 is 0 Å². The molecule has 1 aliphatic heterocycles. The number of nitrogens with zero attached hydrogens (tertiary/aromatic N) is 1. The van der Waals surface area contributed by atoms with E-state index in [0.717, 1.165) is 40.6 Å². The molecule has 1 atom stereocenters. The van der Waals surface area contributed by atoms with Gasteiger partial charge in [-0.15, -0.1) is 0 Å². The highest BCUT2D eigenvalue weighted by molar-refractivity contribution is 7.89. The molecule has 4 rings (SSSR count). The van der Waals surface area contributed by atoms with Crippen LogP contribution in [0.25, 0.3) is 11.1 Å². The molecule has 2 heterocycles. The van der Waals surface area contributed by atoms with Crippen molar-refractivity contribution in [1.82, 2.24) is 9.71 Å². The summed E-state index contributed by atoms with van der Waals surface area (Å²) in [7, 11) is -3.63. The number of carbonyl (C=O) groups excluding carboxylic acids is 1. The molecule has 6 nitrogen and oxygen atoms in total. The summed E-state index contributed by atoms with van der Waals surface area (Å²) < 4.78 is 25.0. The van der Waals surface area contributed by atoms with Crippen molar-refractivity contribution in [2.24, 2.45) is 0 Å². The van der Waals surface area contributed by atoms with Gasteiger partial charge in [0.05, 0.1) is 12.3 Å². The van der Waals surface area contributed by atoms with Crippen LogP contribution in [0.2, 0.25) is 0 Å². The summed E-state index contributed by atoms with van der Waals surface area (Å²) >= 11 is 0. The van der Waals surface area contributed by atoms with Crippen molar-refractivity contribution in [2.45, 2.75) is 57.9 Å². The van der Waals surface area contributed by atoms with Crippen LogP contribution in [0.5, 0.6) is 0 Å². The summed E-state index contributed by atoms with van der Waals surface area (Å²) in [6.07, 6.45) is 5.57. The molecule has 1 unspecified atom stereocenters. The summed E-state index contributed by atoms with van der Waals surface area (Å²) in [5, 5.41) is 3.60. The summed E-state index contributed by atoms with van der Waals surface area (Å²) in [6, 6.07) is 16.2. The molecule has 0 radical (unpaired) electrons. The van der Waals surface area contributed by atoms with E-state index in [1.54, 1.807) is 12.1 Å². The number of benzene rings is 2. The Labute approximate surface area is 208 Å². The van der Waals surface area contributed by atoms with Crippen molar-refractivity contribution < 1.29 is 13.2 Å². The highest BCUT2D eigenvalue weighted by Gasteiger charge is 2.34. The van der Waals surface area contributed by atoms with Gasteiger partial charge < -0.3 is 5.32 Å². The third kappa shape index (κ3) is 5.56. The molecule has 0 fully saturated rings. The highest BCUT2D eigenvalue weighted by Crippen LogP contribution is 2.44. The van der Waals surface area contributed by atoms with Crippen LogP contribution < -0.4 is 10.0 Å². The van der Waals surface area contributed by atoms with Crippen LogP contribution in [0.4, 0.5) is 5.69 Å². The molecule has 0 spiro atoms. The molecular formula is C28H33N3O3S. The second kappa shape index (κ2) is 8.79. The lowest BCUT2D eigenvalue weighted by atomic mass is 9.73. The second-order valence-corrected chi connectivity index (χ2v) is 12.8. The fraction of sp³-hybridized carbons (Fsp3) is 0.357. The van der Waals surface area contributed by atoms with Crippen LogP contribution in [-0.2, 0) is 20.9 Å². The van der Waals surface area contributed by atoms with Gasteiger partial charge in [-0.3, -0.25) is 9.78 Å². The minimum absolute atomic E-state index is 0.0505. The first-order valence-electron chi connectivity index (χ1n) is 11.7. The van der Waals surface area contributed by atoms with Crippen molar-refractivity contribution >= 4 is 21.6 Å². The van der Waals surface area contributed by atoms with E-state index in [2.05, 4.69) is 75.3 Å². The molecule has 0 saturated heterocycles. The van der Waals surface area contributed by atoms with E-state index in [1.165, 1.54) is 5.56 Å². The fourth-order valence-corrected chi connectivity index (χ4v) is 5.08. The summed E-state index contributed by atoms with van der Waals surface area (Å²) in [6.45, 7) is 10.9. The molecule has 1 aliphatic rings. The molecule has 35 heavy (non-hydrogen) atoms. The van der Waals surface area contributed by atoms with Crippen LogP contribution in [0.3, 0.4) is 0 Å². The van der Waals surface area contributed by atoms with E-state index in [1.807, 2.05) is 23.2 Å². The van der Waals surface area contributed by atoms with E-state index in [9.17, 15) is 13.2 Å². The second-order valence-electron chi connectivity index (χ2n) is 11.1. The van der Waals surface area contributed by atoms with Crippen molar-refractivity contribution in [3.05, 3.63) is 83.2 Å². The predicted molar refractivity (Wildman–Crippen MR) is 141 cm³/mol. The number of sulfonamides is 1. The summed E-state index contributed by atoms with van der Waals surface area (Å²) in [4.78, 5) is 16.9. The Kier molecular flexibility index (Phi) is 6.26. The van der Waals surface area contributed by atoms with Crippen LogP contribution in [-0.4, -0.2) is 25.6 Å². The van der Waals surface area contributed by atoms with E-state index in [0.29, 0.717) is 5.56 Å². The van der Waals surface area contributed by atoms with Gasteiger partial charge in [-0.2, -0.15) is 0 Å². The van der Waals surface area contributed by atoms with Gasteiger partial charge in [-0.05, 0) is 63.8 Å². The lowest BCUT2D eigenvalue weighted by Gasteiger charge is -2.39. The molecule has 3 aromatic rings. The Hall–Kier alpha value is -3.19. The normalized spacial score (nSPS) is 17.3. The van der Waals surface area contributed by atoms with Crippen molar-refractivity contribution in [1.29, 1.82) is 0 Å². The largest absolute Gasteiger partial charge is 0.378 e. The van der Waals surface area contributed by atoms with Gasteiger partial charge in [0.25, 0.3) is 5.91 Å². The molecule has 2 aromatic carbocycles. The topological polar surface area (TPSA) is 88.2 Å². The van der Waals surface area contributed by atoms with E-state index < -0.39 is 15.9 Å². The number of pyridine rings is 1. The maximum atomic E-state index is 12.4. The molecule has 184 valence electrons. The first-order chi connectivity index (χ1) is 16.2. The molecule has 7 heteroatoms. The van der Waals surface area contributed by atoms with Gasteiger partial charge in [-0.1, -0.05) is 58.9 Å². The Morgan fingerprint density at radius 2 is 1.71 bits per heavy atom. The van der Waals surface area contributed by atoms with Gasteiger partial charge in [0.15, 0.2) is 0 Å². The fourth-order valence-electron chi connectivity index (χ4n) is 4.63. The van der Waals surface area contributed by atoms with Gasteiger partial charge in [-0.25, -0.2) is 13.1 Å². The number of rotatable bonds is 4. The monoisotopic (exact) mass is 491 g/mol. The van der Waals surface area contributed by atoms with Crippen molar-refractivity contribution in [3.8, 4) is 11.1 Å². The van der Waals surface area contributed by atoms with E-state index in [4.69, 9.17) is 0 Å². The molecule has 0 bridgehead atoms. The molecule has 1 aromatic heterocycles. The quantitative estimate of drug-likeness (QED) is 0.498. The first kappa shape index (κ1) is 24.9. The maximum Gasteiger partial charge on any atom is 0.264 e. The number of aromatic nitrogens is 1. The number of carbonyl (C=O) groups is 1. The lowest BCUT2D eigenvalue weighted by molar-refractivity contribution is 0.0981. The zero-order valence-corrected chi connectivity index (χ0v) is 22.0. The Balaban J connectivity index is 1.61. The molecule has 0 saturated carbocycles. The standard InChI is InChI=1S/C28H33N3O3S/c1-27(2,3)22-10-7-18(8-11-22)20-13-21(17-29-16-20)25-15-28(4,5)23-14-19(9-12-24(23)30-25)26(32)31-35(6,33)34/h7-14,16-17,25,30H,15H2,1-6H3,(H,31,32). The number of fused-ring (bicyclic) bond motifs is 1. The number of nitrogens with one attached hydrogen (secondary N) is 2. The van der Waals surface area contributed by atoms with Crippen LogP contribution in [0.15, 0.2) is 60.9 Å². The summed E-state index contributed by atoms with van der Waals surface area (Å²) in [5.41, 5.74) is 6.70. The first-order valence-corrected chi connectivity index (χ1v) is 13.6. The number of anilines is 1. The Bertz CT molecular complexity index is 1370. The predicted octanol–water partition coefficient (Wildman–Crippen LogP) is 5.57. The SMILES string of the molecule is CC(C)(C)c1ccc(-c2cncc(C3CC(C)(C)c4cc(C(=O)NS(C)(=O)=O)ccc4N3)c2)cc1. The number of hydrogen-bond donors (Lipinski definition) is 2. The van der Waals surface area contributed by atoms with Crippen molar-refractivity contribution in [3.63, 3.8) is 0 Å². The summed E-state index contributed by atoms with van der Waals surface area (Å²) in [5.74, 6) is -0.623. The Morgan fingerprint density at radius 3 is 2.34 bits per heavy atom. The van der Waals surface area contributed by atoms with E-state index >= 15 is 0 Å². The van der Waals surface area contributed by atoms with Gasteiger partial charge in [0, 0.05) is 29.2 Å². The number of amides is 1. The minimum atomic E-state index is -3.63. The van der Waals surface area contributed by atoms with Crippen LogP contribution in [0, 0.1) is 0 Å². The smallest absolute Gasteiger partial charge is 0.264 e. The minimum Gasteiger partial charge on any atom is -0.378 e. The van der Waals surface area contributed by atoms with Gasteiger partial charge in [0.1, 0.15) is 0 Å². The molecule has 1 amide bonds. The van der Waals surface area contributed by atoms with Gasteiger partial charge >= 0.3 is 0 Å². The lowest BCUT2D eigenvalue weighted by Crippen LogP contribution is -2.33. The molecule has 0 aliphatic carbocycles. The number of hydrogen-bond acceptors (Lipinski definition) is 5. The average Bonchev–Trinajstić information content (AvgIpc) is 2.77. The zero-order valence-electron chi connectivity index (χ0n) is 21.1. The molecule has 2 N–H and O–H groups in total. The van der Waals surface area contributed by atoms with Crippen molar-refractivity contribution in [2.75, 3.05) is 11.6 Å². The maximum absolute atomic E-state index is 12.4. The average molecular weight is 492 g/mol. The van der Waals surface area contributed by atoms with Gasteiger partial charge in [0.2, 0.25) is 10.0 Å². The van der Waals surface area contributed by atoms with E-state index in [-0.39, 0.29) is 16.9 Å². The third-order valence-corrected chi connectivity index (χ3v) is 7.14. The molecular weight excluding hydrogens is 458 g/mol.